The summed E-state index contributed by atoms with van der Waals surface area (Å²) in [6.45, 7) is 0. The van der Waals surface area contributed by atoms with Crippen molar-refractivity contribution < 1.29 is 0 Å². The van der Waals surface area contributed by atoms with Crippen molar-refractivity contribution in [2.45, 2.75) is 0 Å². The van der Waals surface area contributed by atoms with Crippen LogP contribution in [-0.4, -0.2) is 19.9 Å². The molecule has 0 bridgehead atoms. The summed E-state index contributed by atoms with van der Waals surface area (Å²) in [5, 5.41) is 23.3. The van der Waals surface area contributed by atoms with Crippen molar-refractivity contribution in [3.05, 3.63) is 158 Å². The van der Waals surface area contributed by atoms with Crippen LogP contribution in [0.3, 0.4) is 0 Å². The first-order valence-corrected chi connectivity index (χ1v) is 15.4. The van der Waals surface area contributed by atoms with E-state index in [0.717, 1.165) is 77.2 Å². The standard InChI is InChI=1S/C42H24N6/c43-21-35-18-29(12-14-47-35)31-16-33(25-45-23-31)41-37-8-4-5-9-38(37)42(40-20-28(10-11-39(40)41)27-6-2-1-3-7-27)34-17-32(24-46-26-34)30-13-15-48-36(19-30)22-44/h1-20,23-26H. The molecule has 222 valence electrons. The number of hydrogen-bond acceptors (Lipinski definition) is 6. The van der Waals surface area contributed by atoms with Gasteiger partial charge < -0.3 is 0 Å². The summed E-state index contributed by atoms with van der Waals surface area (Å²) in [5.74, 6) is 0. The molecule has 0 fully saturated rings. The summed E-state index contributed by atoms with van der Waals surface area (Å²) < 4.78 is 0. The van der Waals surface area contributed by atoms with Crippen LogP contribution < -0.4 is 0 Å². The normalized spacial score (nSPS) is 10.9. The monoisotopic (exact) mass is 612 g/mol. The molecule has 0 saturated carbocycles. The molecule has 0 aliphatic heterocycles. The summed E-state index contributed by atoms with van der Waals surface area (Å²) >= 11 is 0. The highest BCUT2D eigenvalue weighted by Crippen LogP contribution is 2.45. The molecule has 4 aromatic heterocycles. The molecule has 0 N–H and O–H groups in total. The van der Waals surface area contributed by atoms with Crippen LogP contribution in [0, 0.1) is 22.7 Å². The Morgan fingerprint density at radius 2 is 0.854 bits per heavy atom. The lowest BCUT2D eigenvalue weighted by atomic mass is 9.85. The van der Waals surface area contributed by atoms with E-state index < -0.39 is 0 Å². The Morgan fingerprint density at radius 3 is 1.42 bits per heavy atom. The van der Waals surface area contributed by atoms with E-state index in [4.69, 9.17) is 0 Å². The zero-order valence-electron chi connectivity index (χ0n) is 25.5. The van der Waals surface area contributed by atoms with Crippen LogP contribution in [0.25, 0.3) is 77.2 Å². The van der Waals surface area contributed by atoms with E-state index in [1.807, 2.05) is 43.0 Å². The van der Waals surface area contributed by atoms with Crippen molar-refractivity contribution in [3.63, 3.8) is 0 Å². The topological polar surface area (TPSA) is 99.1 Å². The molecule has 4 heterocycles. The Balaban J connectivity index is 1.42. The third kappa shape index (κ3) is 5.10. The van der Waals surface area contributed by atoms with Gasteiger partial charge in [0.1, 0.15) is 23.5 Å². The zero-order valence-corrected chi connectivity index (χ0v) is 25.5. The highest BCUT2D eigenvalue weighted by molar-refractivity contribution is 6.22. The van der Waals surface area contributed by atoms with E-state index >= 15 is 0 Å². The highest BCUT2D eigenvalue weighted by atomic mass is 14.7. The average molecular weight is 613 g/mol. The molecule has 0 radical (unpaired) electrons. The van der Waals surface area contributed by atoms with Gasteiger partial charge in [-0.2, -0.15) is 10.5 Å². The molecule has 8 aromatic rings. The van der Waals surface area contributed by atoms with Crippen molar-refractivity contribution in [1.82, 2.24) is 19.9 Å². The van der Waals surface area contributed by atoms with Crippen LogP contribution in [0.2, 0.25) is 0 Å². The predicted octanol–water partition coefficient (Wildman–Crippen LogP) is 9.65. The van der Waals surface area contributed by atoms with E-state index in [9.17, 15) is 10.5 Å². The van der Waals surface area contributed by atoms with Crippen LogP contribution >= 0.6 is 0 Å². The average Bonchev–Trinajstić information content (AvgIpc) is 3.17. The number of hydrogen-bond donors (Lipinski definition) is 0. The van der Waals surface area contributed by atoms with E-state index in [0.29, 0.717) is 11.4 Å². The molecule has 4 aromatic carbocycles. The van der Waals surface area contributed by atoms with Gasteiger partial charge in [0.2, 0.25) is 0 Å². The van der Waals surface area contributed by atoms with Gasteiger partial charge in [-0.15, -0.1) is 0 Å². The highest BCUT2D eigenvalue weighted by Gasteiger charge is 2.19. The second-order valence-electron chi connectivity index (χ2n) is 11.4. The van der Waals surface area contributed by atoms with Crippen molar-refractivity contribution >= 4 is 21.5 Å². The molecule has 48 heavy (non-hydrogen) atoms. The Kier molecular flexibility index (Phi) is 7.15. The second-order valence-corrected chi connectivity index (χ2v) is 11.4. The molecule has 6 nitrogen and oxygen atoms in total. The third-order valence-corrected chi connectivity index (χ3v) is 8.60. The summed E-state index contributed by atoms with van der Waals surface area (Å²) in [7, 11) is 0. The summed E-state index contributed by atoms with van der Waals surface area (Å²) in [5.41, 5.74) is 10.6. The first kappa shape index (κ1) is 28.5. The van der Waals surface area contributed by atoms with Gasteiger partial charge in [0.15, 0.2) is 0 Å². The second kappa shape index (κ2) is 12.1. The maximum absolute atomic E-state index is 9.48. The van der Waals surface area contributed by atoms with Gasteiger partial charge in [-0.1, -0.05) is 66.7 Å². The largest absolute Gasteiger partial charge is 0.263 e. The number of nitrogens with zero attached hydrogens (tertiary/aromatic N) is 6. The molecule has 6 heteroatoms. The van der Waals surface area contributed by atoms with Crippen LogP contribution in [0.4, 0.5) is 0 Å². The van der Waals surface area contributed by atoms with E-state index in [2.05, 4.69) is 111 Å². The molecule has 0 saturated heterocycles. The first-order chi connectivity index (χ1) is 23.7. The van der Waals surface area contributed by atoms with Gasteiger partial charge in [-0.05, 0) is 97.4 Å². The van der Waals surface area contributed by atoms with Crippen molar-refractivity contribution in [2.75, 3.05) is 0 Å². The molecule has 0 unspecified atom stereocenters. The van der Waals surface area contributed by atoms with Crippen LogP contribution in [0.1, 0.15) is 11.4 Å². The van der Waals surface area contributed by atoms with E-state index in [1.54, 1.807) is 24.5 Å². The van der Waals surface area contributed by atoms with E-state index in [1.165, 1.54) is 0 Å². The number of fused-ring (bicyclic) bond motifs is 2. The summed E-state index contributed by atoms with van der Waals surface area (Å²) in [4.78, 5) is 17.7. The maximum Gasteiger partial charge on any atom is 0.141 e. The lowest BCUT2D eigenvalue weighted by Gasteiger charge is -2.19. The molecule has 0 aliphatic carbocycles. The third-order valence-electron chi connectivity index (χ3n) is 8.60. The fourth-order valence-corrected chi connectivity index (χ4v) is 6.42. The maximum atomic E-state index is 9.48. The Bertz CT molecular complexity index is 2600. The van der Waals surface area contributed by atoms with Crippen LogP contribution in [0.15, 0.2) is 146 Å². The van der Waals surface area contributed by atoms with Gasteiger partial charge in [-0.25, -0.2) is 9.97 Å². The summed E-state index contributed by atoms with van der Waals surface area (Å²) in [6, 6.07) is 41.4. The fraction of sp³-hybridized carbons (Fsp3) is 0. The molecule has 0 atom stereocenters. The van der Waals surface area contributed by atoms with Crippen molar-refractivity contribution in [2.24, 2.45) is 0 Å². The Hall–Kier alpha value is -7.02. The van der Waals surface area contributed by atoms with Crippen LogP contribution in [-0.2, 0) is 0 Å². The minimum Gasteiger partial charge on any atom is -0.263 e. The number of rotatable bonds is 5. The van der Waals surface area contributed by atoms with Gasteiger partial charge in [0.25, 0.3) is 0 Å². The number of aromatic nitrogens is 4. The molecule has 0 spiro atoms. The number of nitriles is 2. The smallest absolute Gasteiger partial charge is 0.141 e. The van der Waals surface area contributed by atoms with Crippen molar-refractivity contribution in [1.29, 1.82) is 10.5 Å². The summed E-state index contributed by atoms with van der Waals surface area (Å²) in [6.07, 6.45) is 10.8. The number of benzene rings is 4. The molecule has 0 amide bonds. The lowest BCUT2D eigenvalue weighted by molar-refractivity contribution is 1.26. The Labute approximate surface area is 276 Å². The SMILES string of the molecule is N#Cc1cc(-c2cncc(-c3c4ccccc4c(-c4cncc(-c5ccnc(C#N)c5)c4)c4cc(-c5ccccc5)ccc34)c2)ccn1. The fourth-order valence-electron chi connectivity index (χ4n) is 6.42. The minimum atomic E-state index is 0.358. The van der Waals surface area contributed by atoms with Gasteiger partial charge in [0, 0.05) is 59.4 Å². The molecule has 0 aliphatic rings. The van der Waals surface area contributed by atoms with Gasteiger partial charge >= 0.3 is 0 Å². The van der Waals surface area contributed by atoms with Gasteiger partial charge in [-0.3, -0.25) is 9.97 Å². The Morgan fingerprint density at radius 1 is 0.375 bits per heavy atom. The quantitative estimate of drug-likeness (QED) is 0.179. The van der Waals surface area contributed by atoms with E-state index in [-0.39, 0.29) is 0 Å². The van der Waals surface area contributed by atoms with Crippen LogP contribution in [0.5, 0.6) is 0 Å². The molecular formula is C42H24N6. The predicted molar refractivity (Wildman–Crippen MR) is 189 cm³/mol. The lowest BCUT2D eigenvalue weighted by Crippen LogP contribution is -1.94. The van der Waals surface area contributed by atoms with Crippen molar-refractivity contribution in [3.8, 4) is 67.8 Å². The molecular weight excluding hydrogens is 589 g/mol. The molecule has 8 rings (SSSR count). The minimum absolute atomic E-state index is 0.358. The first-order valence-electron chi connectivity index (χ1n) is 15.4. The van der Waals surface area contributed by atoms with Gasteiger partial charge in [0.05, 0.1) is 0 Å². The number of pyridine rings is 4. The zero-order chi connectivity index (χ0) is 32.5.